The Hall–Kier alpha value is -2.61. The zero-order valence-corrected chi connectivity index (χ0v) is 19.8. The van der Waals surface area contributed by atoms with Crippen LogP contribution in [-0.4, -0.2) is 54.1 Å². The Morgan fingerprint density at radius 2 is 2.06 bits per heavy atom. The van der Waals surface area contributed by atoms with Crippen LogP contribution < -0.4 is 15.4 Å². The first kappa shape index (κ1) is 24.0. The number of benzene rings is 1. The van der Waals surface area contributed by atoms with Gasteiger partial charge in [-0.3, -0.25) is 4.99 Å². The van der Waals surface area contributed by atoms with Crippen LogP contribution in [0.3, 0.4) is 0 Å². The van der Waals surface area contributed by atoms with E-state index in [4.69, 9.17) is 9.47 Å². The lowest BCUT2D eigenvalue weighted by atomic mass is 10.1. The van der Waals surface area contributed by atoms with Gasteiger partial charge in [0, 0.05) is 51.7 Å². The van der Waals surface area contributed by atoms with Gasteiger partial charge in [0.05, 0.1) is 6.61 Å². The SMILES string of the molecule is CCOCCOc1cc(C)ccc1CNC(=NC)NCCCc1nnc2n1CCCCC2. The van der Waals surface area contributed by atoms with Crippen LogP contribution in [0.4, 0.5) is 0 Å². The van der Waals surface area contributed by atoms with Crippen LogP contribution in [-0.2, 0) is 30.7 Å². The highest BCUT2D eigenvalue weighted by molar-refractivity contribution is 5.79. The van der Waals surface area contributed by atoms with Crippen LogP contribution in [0.15, 0.2) is 23.2 Å². The summed E-state index contributed by atoms with van der Waals surface area (Å²) in [6.45, 7) is 8.42. The van der Waals surface area contributed by atoms with Crippen LogP contribution in [0.2, 0.25) is 0 Å². The Kier molecular flexibility index (Phi) is 9.81. The number of rotatable bonds is 11. The highest BCUT2D eigenvalue weighted by Gasteiger charge is 2.14. The second-order valence-electron chi connectivity index (χ2n) is 8.11. The number of fused-ring (bicyclic) bond motifs is 1. The molecule has 176 valence electrons. The van der Waals surface area contributed by atoms with Gasteiger partial charge in [0.15, 0.2) is 5.96 Å². The lowest BCUT2D eigenvalue weighted by Crippen LogP contribution is -2.37. The van der Waals surface area contributed by atoms with Gasteiger partial charge in [0.1, 0.15) is 24.0 Å². The van der Waals surface area contributed by atoms with E-state index in [0.717, 1.165) is 61.3 Å². The smallest absolute Gasteiger partial charge is 0.191 e. The second kappa shape index (κ2) is 13.1. The number of hydrogen-bond acceptors (Lipinski definition) is 5. The number of nitrogens with one attached hydrogen (secondary N) is 2. The molecule has 0 saturated heterocycles. The van der Waals surface area contributed by atoms with Gasteiger partial charge in [-0.1, -0.05) is 18.6 Å². The first-order valence-corrected chi connectivity index (χ1v) is 11.9. The summed E-state index contributed by atoms with van der Waals surface area (Å²) in [6.07, 6.45) is 6.69. The van der Waals surface area contributed by atoms with Crippen molar-refractivity contribution in [1.29, 1.82) is 0 Å². The summed E-state index contributed by atoms with van der Waals surface area (Å²) in [4.78, 5) is 4.35. The van der Waals surface area contributed by atoms with Crippen molar-refractivity contribution in [2.24, 2.45) is 4.99 Å². The van der Waals surface area contributed by atoms with Gasteiger partial charge in [-0.25, -0.2) is 0 Å². The third-order valence-corrected chi connectivity index (χ3v) is 5.64. The molecule has 0 saturated carbocycles. The van der Waals surface area contributed by atoms with E-state index >= 15 is 0 Å². The van der Waals surface area contributed by atoms with Crippen molar-refractivity contribution in [3.8, 4) is 5.75 Å². The maximum atomic E-state index is 5.94. The van der Waals surface area contributed by atoms with Crippen molar-refractivity contribution in [1.82, 2.24) is 25.4 Å². The fourth-order valence-electron chi connectivity index (χ4n) is 3.88. The van der Waals surface area contributed by atoms with E-state index in [2.05, 4.69) is 55.5 Å². The molecular weight excluding hydrogens is 404 g/mol. The van der Waals surface area contributed by atoms with Crippen molar-refractivity contribution in [3.63, 3.8) is 0 Å². The van der Waals surface area contributed by atoms with E-state index in [1.54, 1.807) is 7.05 Å². The number of hydrogen-bond donors (Lipinski definition) is 2. The standard InChI is InChI=1S/C24H38N6O2/c1-4-31-15-16-32-21-17-19(2)11-12-20(21)18-27-24(25-3)26-13-8-10-23-29-28-22-9-6-5-7-14-30(22)23/h11-12,17H,4-10,13-16,18H2,1-3H3,(H2,25,26,27). The summed E-state index contributed by atoms with van der Waals surface area (Å²) in [6, 6.07) is 6.27. The molecule has 2 N–H and O–H groups in total. The number of aliphatic imine (C=N–C) groups is 1. The molecule has 1 aromatic carbocycles. The highest BCUT2D eigenvalue weighted by Crippen LogP contribution is 2.20. The Morgan fingerprint density at radius 3 is 2.91 bits per heavy atom. The molecule has 0 amide bonds. The maximum absolute atomic E-state index is 5.94. The van der Waals surface area contributed by atoms with E-state index in [0.29, 0.717) is 26.4 Å². The Morgan fingerprint density at radius 1 is 1.16 bits per heavy atom. The number of ether oxygens (including phenoxy) is 2. The minimum absolute atomic E-state index is 0.545. The summed E-state index contributed by atoms with van der Waals surface area (Å²) in [5.74, 6) is 3.94. The fraction of sp³-hybridized carbons (Fsp3) is 0.625. The van der Waals surface area contributed by atoms with Crippen LogP contribution in [0.25, 0.3) is 0 Å². The Balaban J connectivity index is 1.44. The van der Waals surface area contributed by atoms with Crippen LogP contribution in [0, 0.1) is 6.92 Å². The molecule has 1 aliphatic heterocycles. The van der Waals surface area contributed by atoms with Gasteiger partial charge < -0.3 is 24.7 Å². The monoisotopic (exact) mass is 442 g/mol. The normalized spacial score (nSPS) is 14.0. The summed E-state index contributed by atoms with van der Waals surface area (Å²) in [5, 5.41) is 15.6. The van der Waals surface area contributed by atoms with Crippen molar-refractivity contribution in [2.75, 3.05) is 33.4 Å². The molecule has 1 aliphatic rings. The average molecular weight is 443 g/mol. The van der Waals surface area contributed by atoms with Crippen LogP contribution in [0.1, 0.15) is 55.4 Å². The molecule has 32 heavy (non-hydrogen) atoms. The van der Waals surface area contributed by atoms with E-state index in [9.17, 15) is 0 Å². The summed E-state index contributed by atoms with van der Waals surface area (Å²) in [7, 11) is 1.79. The first-order chi connectivity index (χ1) is 15.7. The van der Waals surface area contributed by atoms with Crippen LogP contribution >= 0.6 is 0 Å². The topological polar surface area (TPSA) is 85.6 Å². The molecule has 0 spiro atoms. The molecule has 2 heterocycles. The Bertz CT molecular complexity index is 864. The zero-order valence-electron chi connectivity index (χ0n) is 19.8. The van der Waals surface area contributed by atoms with E-state index in [1.165, 1.54) is 24.8 Å². The van der Waals surface area contributed by atoms with E-state index in [1.807, 2.05) is 6.92 Å². The molecule has 0 fully saturated rings. The number of aryl methyl sites for hydroxylation is 3. The summed E-state index contributed by atoms with van der Waals surface area (Å²) >= 11 is 0. The third-order valence-electron chi connectivity index (χ3n) is 5.64. The molecule has 0 atom stereocenters. The fourth-order valence-corrected chi connectivity index (χ4v) is 3.88. The molecule has 0 bridgehead atoms. The van der Waals surface area contributed by atoms with Crippen molar-refractivity contribution in [3.05, 3.63) is 41.0 Å². The highest BCUT2D eigenvalue weighted by atomic mass is 16.5. The number of nitrogens with zero attached hydrogens (tertiary/aromatic N) is 4. The molecule has 1 aromatic heterocycles. The quantitative estimate of drug-likeness (QED) is 0.316. The number of aromatic nitrogens is 3. The predicted molar refractivity (Wildman–Crippen MR) is 127 cm³/mol. The van der Waals surface area contributed by atoms with Crippen LogP contribution in [0.5, 0.6) is 5.75 Å². The van der Waals surface area contributed by atoms with Crippen molar-refractivity contribution < 1.29 is 9.47 Å². The molecule has 0 unspecified atom stereocenters. The number of guanidine groups is 1. The predicted octanol–water partition coefficient (Wildman–Crippen LogP) is 3.03. The van der Waals surface area contributed by atoms with Gasteiger partial charge in [0.25, 0.3) is 0 Å². The van der Waals surface area contributed by atoms with Gasteiger partial charge >= 0.3 is 0 Å². The second-order valence-corrected chi connectivity index (χ2v) is 8.11. The van der Waals surface area contributed by atoms with E-state index < -0.39 is 0 Å². The van der Waals surface area contributed by atoms with Gasteiger partial charge in [-0.15, -0.1) is 10.2 Å². The lowest BCUT2D eigenvalue weighted by molar-refractivity contribution is 0.110. The summed E-state index contributed by atoms with van der Waals surface area (Å²) < 4.78 is 13.6. The van der Waals surface area contributed by atoms with Crippen molar-refractivity contribution in [2.45, 2.75) is 65.5 Å². The minimum Gasteiger partial charge on any atom is -0.491 e. The minimum atomic E-state index is 0.545. The van der Waals surface area contributed by atoms with E-state index in [-0.39, 0.29) is 0 Å². The molecule has 8 nitrogen and oxygen atoms in total. The Labute approximate surface area is 191 Å². The van der Waals surface area contributed by atoms with Gasteiger partial charge in [-0.2, -0.15) is 0 Å². The maximum Gasteiger partial charge on any atom is 0.191 e. The van der Waals surface area contributed by atoms with Gasteiger partial charge in [-0.05, 0) is 44.7 Å². The third kappa shape index (κ3) is 7.22. The molecule has 0 radical (unpaired) electrons. The average Bonchev–Trinajstić information content (AvgIpc) is 3.02. The molecular formula is C24H38N6O2. The molecule has 3 rings (SSSR count). The summed E-state index contributed by atoms with van der Waals surface area (Å²) in [5.41, 5.74) is 2.27. The van der Waals surface area contributed by atoms with Gasteiger partial charge in [0.2, 0.25) is 0 Å². The first-order valence-electron chi connectivity index (χ1n) is 11.9. The molecule has 2 aromatic rings. The zero-order chi connectivity index (χ0) is 22.6. The molecule has 0 aliphatic carbocycles. The largest absolute Gasteiger partial charge is 0.491 e. The lowest BCUT2D eigenvalue weighted by Gasteiger charge is -2.15. The molecule has 8 heteroatoms. The van der Waals surface area contributed by atoms with Crippen molar-refractivity contribution >= 4 is 5.96 Å².